The van der Waals surface area contributed by atoms with Crippen LogP contribution in [0.3, 0.4) is 0 Å². The summed E-state index contributed by atoms with van der Waals surface area (Å²) in [4.78, 5) is 30.2. The number of piperazine rings is 1. The number of halogens is 1. The minimum Gasteiger partial charge on any atom is -0.465 e. The number of nitrogens with zero attached hydrogens (tertiary/aromatic N) is 2. The average molecular weight is 542 g/mol. The van der Waals surface area contributed by atoms with Crippen LogP contribution in [0.2, 0.25) is 0 Å². The number of rotatable bonds is 7. The quantitative estimate of drug-likeness (QED) is 0.285. The first-order chi connectivity index (χ1) is 18.6. The second-order valence-electron chi connectivity index (χ2n) is 9.37. The summed E-state index contributed by atoms with van der Waals surface area (Å²) in [6.45, 7) is 4.36. The van der Waals surface area contributed by atoms with Gasteiger partial charge in [-0.1, -0.05) is 72.8 Å². The molecule has 0 atom stereocenters. The molecule has 1 aliphatic rings. The summed E-state index contributed by atoms with van der Waals surface area (Å²) in [6.07, 6.45) is 0. The molecule has 0 aromatic heterocycles. The number of carbonyl (C=O) groups excluding carboxylic acids is 2. The molecule has 0 radical (unpaired) electrons. The maximum atomic E-state index is 13.2. The van der Waals surface area contributed by atoms with Crippen molar-refractivity contribution in [3.05, 3.63) is 120 Å². The third-order valence-electron chi connectivity index (χ3n) is 6.88. The van der Waals surface area contributed by atoms with E-state index in [4.69, 9.17) is 4.74 Å². The van der Waals surface area contributed by atoms with Crippen molar-refractivity contribution in [1.82, 2.24) is 4.90 Å². The Kier molecular flexibility index (Phi) is 9.36. The first-order valence-electron chi connectivity index (χ1n) is 12.8. The van der Waals surface area contributed by atoms with Gasteiger partial charge in [0.25, 0.3) is 5.91 Å². The summed E-state index contributed by atoms with van der Waals surface area (Å²) >= 11 is 0. The number of amides is 1. The lowest BCUT2D eigenvalue weighted by molar-refractivity contribution is 0.0600. The molecule has 1 fully saturated rings. The van der Waals surface area contributed by atoms with E-state index in [1.807, 2.05) is 66.7 Å². The maximum absolute atomic E-state index is 13.2. The van der Waals surface area contributed by atoms with E-state index in [9.17, 15) is 9.59 Å². The van der Waals surface area contributed by atoms with Gasteiger partial charge in [-0.3, -0.25) is 9.69 Å². The number of anilines is 2. The molecule has 0 aliphatic carbocycles. The van der Waals surface area contributed by atoms with Crippen molar-refractivity contribution >= 4 is 35.7 Å². The molecule has 1 heterocycles. The Morgan fingerprint density at radius 2 is 1.33 bits per heavy atom. The number of hydrogen-bond donors (Lipinski definition) is 1. The summed E-state index contributed by atoms with van der Waals surface area (Å²) in [7, 11) is 1.36. The van der Waals surface area contributed by atoms with Gasteiger partial charge in [-0.15, -0.1) is 12.4 Å². The van der Waals surface area contributed by atoms with Crippen molar-refractivity contribution in [2.75, 3.05) is 43.5 Å². The molecule has 4 aromatic rings. The monoisotopic (exact) mass is 541 g/mol. The fourth-order valence-electron chi connectivity index (χ4n) is 4.78. The first-order valence-corrected chi connectivity index (χ1v) is 12.8. The number of benzene rings is 4. The van der Waals surface area contributed by atoms with E-state index >= 15 is 0 Å². The van der Waals surface area contributed by atoms with Crippen LogP contribution in [0.5, 0.6) is 0 Å². The molecule has 0 unspecified atom stereocenters. The van der Waals surface area contributed by atoms with E-state index in [2.05, 4.69) is 39.4 Å². The van der Waals surface area contributed by atoms with E-state index in [0.717, 1.165) is 49.5 Å². The Balaban J connectivity index is 0.00000353. The zero-order chi connectivity index (χ0) is 26.3. The van der Waals surface area contributed by atoms with E-state index in [0.29, 0.717) is 16.8 Å². The predicted octanol–water partition coefficient (Wildman–Crippen LogP) is 6.14. The van der Waals surface area contributed by atoms with Gasteiger partial charge in [0.1, 0.15) is 0 Å². The maximum Gasteiger partial charge on any atom is 0.337 e. The number of nitrogens with one attached hydrogen (secondary N) is 1. The number of esters is 1. The predicted molar refractivity (Wildman–Crippen MR) is 159 cm³/mol. The van der Waals surface area contributed by atoms with Crippen molar-refractivity contribution in [2.45, 2.75) is 6.54 Å². The van der Waals surface area contributed by atoms with Gasteiger partial charge in [0.15, 0.2) is 0 Å². The Bertz CT molecular complexity index is 1390. The minimum absolute atomic E-state index is 0. The van der Waals surface area contributed by atoms with Crippen LogP contribution in [0.1, 0.15) is 26.3 Å². The fraction of sp³-hybridized carbons (Fsp3) is 0.188. The summed E-state index contributed by atoms with van der Waals surface area (Å²) in [5, 5.41) is 3.05. The van der Waals surface area contributed by atoms with Gasteiger partial charge in [-0.2, -0.15) is 0 Å². The SMILES string of the molecule is COC(=O)c1ccc(N2CCN(Cc3ccccc3)CC2)c(NC(=O)c2ccc(-c3ccccc3)cc2)c1.Cl. The van der Waals surface area contributed by atoms with Gasteiger partial charge in [0.2, 0.25) is 0 Å². The molecule has 200 valence electrons. The Morgan fingerprint density at radius 3 is 1.97 bits per heavy atom. The molecule has 39 heavy (non-hydrogen) atoms. The summed E-state index contributed by atoms with van der Waals surface area (Å²) in [5.74, 6) is -0.664. The van der Waals surface area contributed by atoms with E-state index in [1.54, 1.807) is 12.1 Å². The lowest BCUT2D eigenvalue weighted by Crippen LogP contribution is -2.46. The highest BCUT2D eigenvalue weighted by molar-refractivity contribution is 6.07. The molecule has 1 N–H and O–H groups in total. The molecule has 0 saturated carbocycles. The van der Waals surface area contributed by atoms with E-state index in [1.165, 1.54) is 12.7 Å². The second-order valence-corrected chi connectivity index (χ2v) is 9.37. The molecule has 0 spiro atoms. The molecular formula is C32H32ClN3O3. The highest BCUT2D eigenvalue weighted by atomic mass is 35.5. The highest BCUT2D eigenvalue weighted by Crippen LogP contribution is 2.30. The van der Waals surface area contributed by atoms with Crippen molar-refractivity contribution in [3.63, 3.8) is 0 Å². The molecule has 1 saturated heterocycles. The summed E-state index contributed by atoms with van der Waals surface area (Å²) < 4.78 is 4.92. The molecule has 4 aromatic carbocycles. The number of methoxy groups -OCH3 is 1. The van der Waals surface area contributed by atoms with E-state index < -0.39 is 5.97 Å². The van der Waals surface area contributed by atoms with Crippen LogP contribution in [0.4, 0.5) is 11.4 Å². The van der Waals surface area contributed by atoms with Crippen molar-refractivity contribution in [3.8, 4) is 11.1 Å². The molecular weight excluding hydrogens is 510 g/mol. The van der Waals surface area contributed by atoms with Gasteiger partial charge in [-0.05, 0) is 47.0 Å². The number of carbonyl (C=O) groups is 2. The molecule has 1 amide bonds. The van der Waals surface area contributed by atoms with Gasteiger partial charge < -0.3 is 15.0 Å². The topological polar surface area (TPSA) is 61.9 Å². The van der Waals surface area contributed by atoms with Crippen LogP contribution in [0.15, 0.2) is 103 Å². The van der Waals surface area contributed by atoms with Crippen LogP contribution in [0.25, 0.3) is 11.1 Å². The van der Waals surface area contributed by atoms with E-state index in [-0.39, 0.29) is 18.3 Å². The van der Waals surface area contributed by atoms with Crippen LogP contribution in [-0.2, 0) is 11.3 Å². The average Bonchev–Trinajstić information content (AvgIpc) is 2.98. The molecule has 6 nitrogen and oxygen atoms in total. The van der Waals surface area contributed by atoms with Crippen LogP contribution in [0, 0.1) is 0 Å². The van der Waals surface area contributed by atoms with Crippen LogP contribution >= 0.6 is 12.4 Å². The van der Waals surface area contributed by atoms with Crippen LogP contribution in [-0.4, -0.2) is 50.1 Å². The van der Waals surface area contributed by atoms with Gasteiger partial charge in [0, 0.05) is 38.3 Å². The Labute approximate surface area is 235 Å². The van der Waals surface area contributed by atoms with Gasteiger partial charge in [0.05, 0.1) is 24.0 Å². The second kappa shape index (κ2) is 13.1. The summed E-state index contributed by atoms with van der Waals surface area (Å²) in [5.41, 5.74) is 5.88. The molecule has 1 aliphatic heterocycles. The smallest absolute Gasteiger partial charge is 0.337 e. The fourth-order valence-corrected chi connectivity index (χ4v) is 4.78. The van der Waals surface area contributed by atoms with Crippen molar-refractivity contribution < 1.29 is 14.3 Å². The minimum atomic E-state index is -0.438. The van der Waals surface area contributed by atoms with Crippen molar-refractivity contribution in [2.24, 2.45) is 0 Å². The normalized spacial score (nSPS) is 13.3. The Hall–Kier alpha value is -4.13. The third-order valence-corrected chi connectivity index (χ3v) is 6.88. The van der Waals surface area contributed by atoms with Gasteiger partial charge in [-0.25, -0.2) is 4.79 Å². The van der Waals surface area contributed by atoms with Gasteiger partial charge >= 0.3 is 5.97 Å². The molecule has 7 heteroatoms. The summed E-state index contributed by atoms with van der Waals surface area (Å²) in [6, 6.07) is 33.4. The largest absolute Gasteiger partial charge is 0.465 e. The van der Waals surface area contributed by atoms with Crippen molar-refractivity contribution in [1.29, 1.82) is 0 Å². The highest BCUT2D eigenvalue weighted by Gasteiger charge is 2.22. The zero-order valence-corrected chi connectivity index (χ0v) is 22.7. The van der Waals surface area contributed by atoms with Crippen LogP contribution < -0.4 is 10.2 Å². The number of hydrogen-bond acceptors (Lipinski definition) is 5. The standard InChI is InChI=1S/C32H31N3O3.ClH/c1-38-32(37)28-16-17-30(35-20-18-34(19-21-35)23-24-8-4-2-5-9-24)29(22-28)33-31(36)27-14-12-26(13-15-27)25-10-6-3-7-11-25;/h2-17,22H,18-21,23H2,1H3,(H,33,36);1H. The molecule has 0 bridgehead atoms. The first kappa shape index (κ1) is 27.9. The zero-order valence-electron chi connectivity index (χ0n) is 21.9. The Morgan fingerprint density at radius 1 is 0.744 bits per heavy atom. The molecule has 5 rings (SSSR count). The third kappa shape index (κ3) is 6.85. The number of ether oxygens (including phenoxy) is 1. The lowest BCUT2D eigenvalue weighted by Gasteiger charge is -2.37. The lowest BCUT2D eigenvalue weighted by atomic mass is 10.0.